The van der Waals surface area contributed by atoms with Crippen LogP contribution in [-0.2, 0) is 0 Å². The molecule has 5 nitrogen and oxygen atoms in total. The van der Waals surface area contributed by atoms with Crippen LogP contribution in [0.15, 0.2) is 41.2 Å². The van der Waals surface area contributed by atoms with Crippen molar-refractivity contribution in [2.75, 3.05) is 0 Å². The molecule has 4 aromatic rings. The van der Waals surface area contributed by atoms with Gasteiger partial charge in [-0.1, -0.05) is 16.8 Å². The molecule has 4 rings (SSSR count). The maximum atomic E-state index is 14.4. The van der Waals surface area contributed by atoms with Gasteiger partial charge in [0.05, 0.1) is 17.2 Å². The highest BCUT2D eigenvalue weighted by Gasteiger charge is 2.20. The average molecular weight is 303 g/mol. The molecule has 3 heterocycles. The van der Waals surface area contributed by atoms with Crippen molar-refractivity contribution >= 4 is 33.5 Å². The Morgan fingerprint density at radius 3 is 2.95 bits per heavy atom. The molecule has 1 aromatic carbocycles. The molecule has 104 valence electrons. The molecule has 0 amide bonds. The molecule has 1 unspecified atom stereocenters. The fraction of sp³-hybridized carbons (Fsp3) is 0.0714. The van der Waals surface area contributed by atoms with Crippen molar-refractivity contribution in [2.24, 2.45) is 0 Å². The van der Waals surface area contributed by atoms with Gasteiger partial charge < -0.3 is 9.51 Å². The Hall–Kier alpha value is -2.47. The number of rotatable bonds is 2. The van der Waals surface area contributed by atoms with Crippen LogP contribution >= 0.6 is 11.6 Å². The summed E-state index contributed by atoms with van der Waals surface area (Å²) in [6.07, 6.45) is 1.44. The highest BCUT2D eigenvalue weighted by atomic mass is 35.5. The van der Waals surface area contributed by atoms with E-state index in [4.69, 9.17) is 11.6 Å². The van der Waals surface area contributed by atoms with Crippen LogP contribution in [0.1, 0.15) is 17.7 Å². The van der Waals surface area contributed by atoms with Crippen molar-refractivity contribution < 1.29 is 8.91 Å². The summed E-state index contributed by atoms with van der Waals surface area (Å²) in [6, 6.07) is 6.80. The Balaban J connectivity index is 1.93. The molecule has 7 heteroatoms. The fourth-order valence-corrected chi connectivity index (χ4v) is 2.44. The van der Waals surface area contributed by atoms with Gasteiger partial charge in [-0.2, -0.15) is 0 Å². The van der Waals surface area contributed by atoms with Gasteiger partial charge in [-0.25, -0.2) is 9.37 Å². The van der Waals surface area contributed by atoms with E-state index in [0.29, 0.717) is 16.1 Å². The zero-order valence-corrected chi connectivity index (χ0v) is 11.3. The van der Waals surface area contributed by atoms with Gasteiger partial charge in [-0.3, -0.25) is 4.98 Å². The van der Waals surface area contributed by atoms with Crippen LogP contribution in [0, 0.1) is 0 Å². The van der Waals surface area contributed by atoms with Crippen molar-refractivity contribution in [3.8, 4) is 0 Å². The minimum atomic E-state index is -1.48. The average Bonchev–Trinajstić information content (AvgIpc) is 3.15. The van der Waals surface area contributed by atoms with E-state index in [-0.39, 0.29) is 11.5 Å². The monoisotopic (exact) mass is 302 g/mol. The number of benzene rings is 1. The lowest BCUT2D eigenvalue weighted by atomic mass is 10.2. The quantitative estimate of drug-likeness (QED) is 0.611. The maximum Gasteiger partial charge on any atom is 0.203 e. The summed E-state index contributed by atoms with van der Waals surface area (Å²) in [5.74, 6) is 0.160. The number of fused-ring (bicyclic) bond motifs is 3. The summed E-state index contributed by atoms with van der Waals surface area (Å²) in [6.45, 7) is 0. The molecule has 0 saturated carbocycles. The van der Waals surface area contributed by atoms with E-state index in [2.05, 4.69) is 24.6 Å². The zero-order chi connectivity index (χ0) is 14.4. The van der Waals surface area contributed by atoms with Gasteiger partial charge in [-0.15, -0.1) is 0 Å². The molecule has 0 aliphatic carbocycles. The normalized spacial score (nSPS) is 13.0. The van der Waals surface area contributed by atoms with Gasteiger partial charge in [0, 0.05) is 16.5 Å². The molecule has 0 saturated heterocycles. The molecule has 3 aromatic heterocycles. The number of nitrogens with one attached hydrogen (secondary N) is 1. The van der Waals surface area contributed by atoms with Crippen molar-refractivity contribution in [2.45, 2.75) is 6.17 Å². The van der Waals surface area contributed by atoms with E-state index in [0.717, 1.165) is 10.9 Å². The Labute approximate surface area is 122 Å². The molecule has 0 aliphatic rings. The Morgan fingerprint density at radius 1 is 1.24 bits per heavy atom. The van der Waals surface area contributed by atoms with Crippen LogP contribution in [-0.4, -0.2) is 20.1 Å². The van der Waals surface area contributed by atoms with Crippen LogP contribution in [0.5, 0.6) is 0 Å². The number of hydrogen-bond donors (Lipinski definition) is 1. The molecular weight excluding hydrogens is 295 g/mol. The second-order valence-electron chi connectivity index (χ2n) is 4.59. The Kier molecular flexibility index (Phi) is 2.65. The zero-order valence-electron chi connectivity index (χ0n) is 10.5. The molecule has 1 N–H and O–H groups in total. The highest BCUT2D eigenvalue weighted by molar-refractivity contribution is 6.31. The summed E-state index contributed by atoms with van der Waals surface area (Å²) >= 11 is 6.01. The third kappa shape index (κ3) is 1.95. The van der Waals surface area contributed by atoms with Gasteiger partial charge >= 0.3 is 0 Å². The Morgan fingerprint density at radius 2 is 2.14 bits per heavy atom. The van der Waals surface area contributed by atoms with Gasteiger partial charge in [0.2, 0.25) is 6.17 Å². The second kappa shape index (κ2) is 4.53. The summed E-state index contributed by atoms with van der Waals surface area (Å²) in [5.41, 5.74) is 2.21. The molecule has 0 radical (unpaired) electrons. The minimum absolute atomic E-state index is 0.160. The number of alkyl halides is 1. The highest BCUT2D eigenvalue weighted by Crippen LogP contribution is 2.28. The Bertz CT molecular complexity index is 935. The van der Waals surface area contributed by atoms with Crippen LogP contribution in [0.2, 0.25) is 5.02 Å². The summed E-state index contributed by atoms with van der Waals surface area (Å²) < 4.78 is 19.0. The van der Waals surface area contributed by atoms with E-state index in [1.165, 1.54) is 12.3 Å². The lowest BCUT2D eigenvalue weighted by Crippen LogP contribution is -1.96. The largest absolute Gasteiger partial charge is 0.364 e. The molecule has 21 heavy (non-hydrogen) atoms. The number of halogens is 2. The predicted octanol–water partition coefficient (Wildman–Crippen LogP) is 3.81. The number of nitrogens with zero attached hydrogens (tertiary/aromatic N) is 3. The van der Waals surface area contributed by atoms with Gasteiger partial charge in [0.15, 0.2) is 0 Å². The molecule has 0 bridgehead atoms. The van der Waals surface area contributed by atoms with E-state index in [1.54, 1.807) is 18.3 Å². The number of hydrogen-bond acceptors (Lipinski definition) is 4. The number of imidazole rings is 1. The van der Waals surface area contributed by atoms with E-state index >= 15 is 0 Å². The fourth-order valence-electron chi connectivity index (χ4n) is 2.27. The van der Waals surface area contributed by atoms with E-state index in [1.807, 2.05) is 6.07 Å². The van der Waals surface area contributed by atoms with Crippen molar-refractivity contribution in [1.29, 1.82) is 0 Å². The van der Waals surface area contributed by atoms with Crippen LogP contribution in [0.3, 0.4) is 0 Å². The van der Waals surface area contributed by atoms with E-state index in [9.17, 15) is 4.39 Å². The van der Waals surface area contributed by atoms with Crippen LogP contribution in [0.4, 0.5) is 4.39 Å². The van der Waals surface area contributed by atoms with Crippen LogP contribution < -0.4 is 0 Å². The number of aromatic amines is 1. The molecule has 0 fully saturated rings. The SMILES string of the molecule is FC(c1ccon1)c1nc2cnc3ccc(Cl)cc3c2[nH]1. The third-order valence-corrected chi connectivity index (χ3v) is 3.50. The lowest BCUT2D eigenvalue weighted by Gasteiger charge is -1.99. The molecule has 1 atom stereocenters. The number of H-pyrrole nitrogens is 1. The molecular formula is C14H8ClFN4O. The summed E-state index contributed by atoms with van der Waals surface area (Å²) in [4.78, 5) is 11.5. The van der Waals surface area contributed by atoms with Gasteiger partial charge in [-0.05, 0) is 18.2 Å². The summed E-state index contributed by atoms with van der Waals surface area (Å²) in [5, 5.41) is 4.97. The maximum absolute atomic E-state index is 14.4. The van der Waals surface area contributed by atoms with Crippen molar-refractivity contribution in [3.05, 3.63) is 53.3 Å². The number of pyridine rings is 1. The molecule has 0 aliphatic heterocycles. The third-order valence-electron chi connectivity index (χ3n) is 3.26. The smallest absolute Gasteiger partial charge is 0.203 e. The first-order valence-corrected chi connectivity index (χ1v) is 6.58. The van der Waals surface area contributed by atoms with Crippen molar-refractivity contribution in [1.82, 2.24) is 20.1 Å². The first kappa shape index (κ1) is 12.3. The first-order valence-electron chi connectivity index (χ1n) is 6.20. The number of aromatic nitrogens is 4. The van der Waals surface area contributed by atoms with Crippen LogP contribution in [0.25, 0.3) is 21.9 Å². The van der Waals surface area contributed by atoms with Crippen molar-refractivity contribution in [3.63, 3.8) is 0 Å². The second-order valence-corrected chi connectivity index (χ2v) is 5.03. The molecule has 0 spiro atoms. The standard InChI is InChI=1S/C14H8ClFN4O/c15-7-1-2-9-8(5-7)13-11(6-17-9)18-14(19-13)12(16)10-3-4-21-20-10/h1-6,12H,(H,18,19). The summed E-state index contributed by atoms with van der Waals surface area (Å²) in [7, 11) is 0. The minimum Gasteiger partial charge on any atom is -0.364 e. The van der Waals surface area contributed by atoms with Gasteiger partial charge in [0.1, 0.15) is 23.3 Å². The predicted molar refractivity (Wildman–Crippen MR) is 75.9 cm³/mol. The van der Waals surface area contributed by atoms with E-state index < -0.39 is 6.17 Å². The first-order chi connectivity index (χ1) is 10.2. The topological polar surface area (TPSA) is 67.6 Å². The van der Waals surface area contributed by atoms with Gasteiger partial charge in [0.25, 0.3) is 0 Å². The lowest BCUT2D eigenvalue weighted by molar-refractivity contribution is 0.344.